The Labute approximate surface area is 148 Å². The van der Waals surface area contributed by atoms with Crippen LogP contribution in [-0.2, 0) is 17.6 Å². The first kappa shape index (κ1) is 16.8. The normalized spacial score (nSPS) is 11.0. The van der Waals surface area contributed by atoms with Gasteiger partial charge in [-0.1, -0.05) is 22.9 Å². The molecule has 0 aromatic carbocycles. The number of aryl methyl sites for hydroxylation is 2. The van der Waals surface area contributed by atoms with Gasteiger partial charge in [-0.3, -0.25) is 4.79 Å². The number of carbonyl (C=O) groups excluding carboxylic acids is 1. The Morgan fingerprint density at radius 2 is 2.04 bits per heavy atom. The zero-order chi connectivity index (χ0) is 17.3. The summed E-state index contributed by atoms with van der Waals surface area (Å²) in [6.07, 6.45) is 3.96. The second kappa shape index (κ2) is 6.83. The van der Waals surface area contributed by atoms with Crippen LogP contribution in [0.2, 0.25) is 5.02 Å². The van der Waals surface area contributed by atoms with Crippen molar-refractivity contribution in [1.82, 2.24) is 15.0 Å². The third-order valence-electron chi connectivity index (χ3n) is 3.74. The van der Waals surface area contributed by atoms with Crippen LogP contribution in [0.4, 0.5) is 0 Å². The number of thiazole rings is 1. The molecule has 0 aliphatic rings. The molecule has 3 rings (SSSR count). The maximum absolute atomic E-state index is 12.4. The van der Waals surface area contributed by atoms with Crippen molar-refractivity contribution in [3.8, 4) is 5.88 Å². The Balaban J connectivity index is 1.77. The number of Topliss-reactive ketones (excluding diaryl/α,β-unsaturated/α-hetero) is 1. The number of methoxy groups -OCH3 is 1. The largest absolute Gasteiger partial charge is 0.480 e. The highest BCUT2D eigenvalue weighted by Crippen LogP contribution is 2.25. The minimum absolute atomic E-state index is 0.0780. The smallest absolute Gasteiger partial charge is 0.232 e. The molecule has 5 nitrogen and oxygen atoms in total. The molecule has 3 aromatic rings. The Bertz CT molecular complexity index is 924. The first-order valence-electron chi connectivity index (χ1n) is 7.39. The summed E-state index contributed by atoms with van der Waals surface area (Å²) in [5.74, 6) is 0.437. The fourth-order valence-electron chi connectivity index (χ4n) is 2.53. The molecule has 0 saturated heterocycles. The lowest BCUT2D eigenvalue weighted by atomic mass is 10.0. The second-order valence-electron chi connectivity index (χ2n) is 5.52. The topological polar surface area (TPSA) is 65.0 Å². The Hall–Kier alpha value is -2.05. The van der Waals surface area contributed by atoms with Gasteiger partial charge in [0, 0.05) is 25.2 Å². The van der Waals surface area contributed by atoms with Crippen molar-refractivity contribution in [2.24, 2.45) is 0 Å². The molecule has 0 fully saturated rings. The molecule has 3 aromatic heterocycles. The second-order valence-corrected chi connectivity index (χ2v) is 7.11. The third-order valence-corrected chi connectivity index (χ3v) is 4.89. The maximum Gasteiger partial charge on any atom is 0.232 e. The Morgan fingerprint density at radius 1 is 1.25 bits per heavy atom. The number of nitrogens with zero attached hydrogens (tertiary/aromatic N) is 3. The monoisotopic (exact) mass is 361 g/mol. The van der Waals surface area contributed by atoms with Crippen LogP contribution >= 0.6 is 22.9 Å². The van der Waals surface area contributed by atoms with E-state index in [4.69, 9.17) is 16.3 Å². The summed E-state index contributed by atoms with van der Waals surface area (Å²) in [4.78, 5) is 26.3. The number of rotatable bonds is 5. The predicted octanol–water partition coefficient (Wildman–Crippen LogP) is 3.72. The van der Waals surface area contributed by atoms with E-state index in [-0.39, 0.29) is 12.2 Å². The molecular formula is C17H16ClN3O2S. The van der Waals surface area contributed by atoms with Crippen LogP contribution in [0.5, 0.6) is 5.88 Å². The average molecular weight is 362 g/mol. The van der Waals surface area contributed by atoms with Crippen molar-refractivity contribution < 1.29 is 9.53 Å². The van der Waals surface area contributed by atoms with Gasteiger partial charge in [0.15, 0.2) is 0 Å². The quantitative estimate of drug-likeness (QED) is 0.693. The number of ketones is 1. The number of carbonyl (C=O) groups is 1. The van der Waals surface area contributed by atoms with Gasteiger partial charge >= 0.3 is 0 Å². The molecule has 0 saturated carbocycles. The van der Waals surface area contributed by atoms with Gasteiger partial charge in [0.25, 0.3) is 0 Å². The Morgan fingerprint density at radius 3 is 2.75 bits per heavy atom. The molecule has 3 heterocycles. The summed E-state index contributed by atoms with van der Waals surface area (Å²) in [5, 5.41) is 1.38. The van der Waals surface area contributed by atoms with Gasteiger partial charge in [-0.25, -0.2) is 15.0 Å². The summed E-state index contributed by atoms with van der Waals surface area (Å²) in [7, 11) is 1.51. The van der Waals surface area contributed by atoms with Crippen LogP contribution < -0.4 is 4.74 Å². The molecule has 0 amide bonds. The fourth-order valence-corrected chi connectivity index (χ4v) is 3.61. The van der Waals surface area contributed by atoms with Crippen LogP contribution in [-0.4, -0.2) is 27.8 Å². The highest BCUT2D eigenvalue weighted by atomic mass is 35.5. The van der Waals surface area contributed by atoms with Crippen molar-refractivity contribution in [2.45, 2.75) is 26.7 Å². The van der Waals surface area contributed by atoms with Crippen molar-refractivity contribution in [1.29, 1.82) is 0 Å². The van der Waals surface area contributed by atoms with Gasteiger partial charge in [-0.05, 0) is 36.6 Å². The van der Waals surface area contributed by atoms with Crippen LogP contribution in [0.15, 0.2) is 18.5 Å². The third kappa shape index (κ3) is 3.39. The van der Waals surface area contributed by atoms with Crippen molar-refractivity contribution in [2.75, 3.05) is 7.11 Å². The van der Waals surface area contributed by atoms with E-state index in [1.165, 1.54) is 7.11 Å². The maximum atomic E-state index is 12.4. The molecule has 0 radical (unpaired) electrons. The molecule has 0 unspecified atom stereocenters. The molecule has 0 aliphatic heterocycles. The number of hydrogen-bond donors (Lipinski definition) is 0. The van der Waals surface area contributed by atoms with E-state index in [9.17, 15) is 4.79 Å². The van der Waals surface area contributed by atoms with Gasteiger partial charge in [0.2, 0.25) is 5.88 Å². The number of aromatic nitrogens is 3. The number of ether oxygens (including phenoxy) is 1. The zero-order valence-corrected chi connectivity index (χ0v) is 15.2. The Kier molecular flexibility index (Phi) is 4.78. The van der Waals surface area contributed by atoms with Gasteiger partial charge in [-0.2, -0.15) is 0 Å². The van der Waals surface area contributed by atoms with E-state index in [1.807, 2.05) is 13.8 Å². The molecule has 0 bridgehead atoms. The molecule has 7 heteroatoms. The van der Waals surface area contributed by atoms with Crippen molar-refractivity contribution in [3.05, 3.63) is 45.2 Å². The van der Waals surface area contributed by atoms with E-state index in [0.29, 0.717) is 17.3 Å². The van der Waals surface area contributed by atoms with Gasteiger partial charge in [0.05, 0.1) is 12.1 Å². The molecule has 0 spiro atoms. The fraction of sp³-hybridized carbons (Fsp3) is 0.294. The van der Waals surface area contributed by atoms with Gasteiger partial charge in [-0.15, -0.1) is 0 Å². The first-order chi connectivity index (χ1) is 11.5. The van der Waals surface area contributed by atoms with Crippen molar-refractivity contribution >= 4 is 39.1 Å². The average Bonchev–Trinajstić information content (AvgIpc) is 2.92. The summed E-state index contributed by atoms with van der Waals surface area (Å²) in [6.45, 7) is 3.94. The number of pyridine rings is 2. The van der Waals surface area contributed by atoms with E-state index < -0.39 is 0 Å². The van der Waals surface area contributed by atoms with Crippen LogP contribution in [0.25, 0.3) is 10.3 Å². The van der Waals surface area contributed by atoms with Gasteiger partial charge in [0.1, 0.15) is 21.2 Å². The van der Waals surface area contributed by atoms with Gasteiger partial charge < -0.3 is 4.74 Å². The number of hydrogen-bond acceptors (Lipinski definition) is 6. The van der Waals surface area contributed by atoms with Crippen molar-refractivity contribution in [3.63, 3.8) is 0 Å². The molecule has 0 atom stereocenters. The molecule has 124 valence electrons. The lowest BCUT2D eigenvalue weighted by Crippen LogP contribution is -2.08. The number of fused-ring (bicyclic) bond motifs is 1. The molecular weight excluding hydrogens is 346 g/mol. The number of halogens is 1. The molecule has 24 heavy (non-hydrogen) atoms. The van der Waals surface area contributed by atoms with E-state index in [0.717, 1.165) is 32.0 Å². The van der Waals surface area contributed by atoms with Crippen LogP contribution in [0.3, 0.4) is 0 Å². The van der Waals surface area contributed by atoms with Crippen LogP contribution in [0.1, 0.15) is 21.7 Å². The minimum atomic E-state index is 0.0780. The lowest BCUT2D eigenvalue weighted by molar-refractivity contribution is -0.117. The minimum Gasteiger partial charge on any atom is -0.480 e. The standard InChI is InChI=1S/C17H16ClN3O2S/c1-9-12(8-20-17-15(9)21-10(2)24-17)6-13(22)4-11-5-14(18)16(23-3)19-7-11/h5,7-8H,4,6H2,1-3H3. The summed E-state index contributed by atoms with van der Waals surface area (Å²) in [5.41, 5.74) is 3.58. The van der Waals surface area contributed by atoms with E-state index in [2.05, 4.69) is 15.0 Å². The SMILES string of the molecule is COc1ncc(CC(=O)Cc2cnc3sc(C)nc3c2C)cc1Cl. The van der Waals surface area contributed by atoms with Crippen LogP contribution in [0, 0.1) is 13.8 Å². The lowest BCUT2D eigenvalue weighted by Gasteiger charge is -2.07. The molecule has 0 aliphatic carbocycles. The zero-order valence-electron chi connectivity index (χ0n) is 13.6. The van der Waals surface area contributed by atoms with E-state index >= 15 is 0 Å². The summed E-state index contributed by atoms with van der Waals surface area (Å²) >= 11 is 7.61. The summed E-state index contributed by atoms with van der Waals surface area (Å²) < 4.78 is 5.02. The van der Waals surface area contributed by atoms with E-state index in [1.54, 1.807) is 29.8 Å². The highest BCUT2D eigenvalue weighted by Gasteiger charge is 2.13. The summed E-state index contributed by atoms with van der Waals surface area (Å²) in [6, 6.07) is 1.71. The predicted molar refractivity (Wildman–Crippen MR) is 95.1 cm³/mol. The highest BCUT2D eigenvalue weighted by molar-refractivity contribution is 7.18. The molecule has 0 N–H and O–H groups in total. The first-order valence-corrected chi connectivity index (χ1v) is 8.59.